The van der Waals surface area contributed by atoms with Gasteiger partial charge in [-0.2, -0.15) is 0 Å². The molecule has 6 nitrogen and oxygen atoms in total. The number of anilines is 2. The zero-order valence-corrected chi connectivity index (χ0v) is 16.7. The number of carbonyl (C=O) groups is 2. The predicted molar refractivity (Wildman–Crippen MR) is 110 cm³/mol. The van der Waals surface area contributed by atoms with Crippen molar-refractivity contribution in [2.45, 2.75) is 6.42 Å². The standard InChI is InChI=1S/C21H17F2N3O3S/c1-29-15-5-3-14(4-6-15)26-10-12(8-19(26)27)20(28)25-21-24-18(11-30-21)16-9-13(22)2-7-17(16)23/h2-7,9,11-12H,8,10H2,1H3,(H,24,25,28). The quantitative estimate of drug-likeness (QED) is 0.663. The third kappa shape index (κ3) is 4.02. The van der Waals surface area contributed by atoms with Crippen LogP contribution in [0.3, 0.4) is 0 Å². The van der Waals surface area contributed by atoms with Crippen LogP contribution < -0.4 is 15.0 Å². The van der Waals surface area contributed by atoms with Gasteiger partial charge in [-0.25, -0.2) is 13.8 Å². The van der Waals surface area contributed by atoms with Gasteiger partial charge >= 0.3 is 0 Å². The minimum Gasteiger partial charge on any atom is -0.497 e. The molecule has 1 aliphatic rings. The van der Waals surface area contributed by atoms with Crippen LogP contribution in [0.15, 0.2) is 47.8 Å². The molecule has 30 heavy (non-hydrogen) atoms. The van der Waals surface area contributed by atoms with Crippen LogP contribution in [0.1, 0.15) is 6.42 Å². The second-order valence-electron chi connectivity index (χ2n) is 6.75. The second kappa shape index (κ2) is 8.19. The van der Waals surface area contributed by atoms with Gasteiger partial charge in [-0.05, 0) is 42.5 Å². The van der Waals surface area contributed by atoms with E-state index in [4.69, 9.17) is 4.74 Å². The first-order valence-corrected chi connectivity index (χ1v) is 9.99. The lowest BCUT2D eigenvalue weighted by Crippen LogP contribution is -2.28. The normalized spacial score (nSPS) is 16.0. The number of rotatable bonds is 5. The summed E-state index contributed by atoms with van der Waals surface area (Å²) < 4.78 is 32.4. The highest BCUT2D eigenvalue weighted by Crippen LogP contribution is 2.30. The van der Waals surface area contributed by atoms with Gasteiger partial charge in [0.25, 0.3) is 0 Å². The van der Waals surface area contributed by atoms with Gasteiger partial charge in [0.15, 0.2) is 5.13 Å². The average molecular weight is 429 g/mol. The lowest BCUT2D eigenvalue weighted by atomic mass is 10.1. The summed E-state index contributed by atoms with van der Waals surface area (Å²) in [6.07, 6.45) is 0.0780. The first-order chi connectivity index (χ1) is 14.4. The maximum atomic E-state index is 13.9. The van der Waals surface area contributed by atoms with Gasteiger partial charge in [0.1, 0.15) is 17.4 Å². The van der Waals surface area contributed by atoms with Crippen LogP contribution in [-0.4, -0.2) is 30.5 Å². The molecule has 2 aromatic carbocycles. The molecule has 1 saturated heterocycles. The summed E-state index contributed by atoms with van der Waals surface area (Å²) >= 11 is 1.10. The van der Waals surface area contributed by atoms with E-state index in [-0.39, 0.29) is 41.2 Å². The second-order valence-corrected chi connectivity index (χ2v) is 7.61. The fraction of sp³-hybridized carbons (Fsp3) is 0.190. The summed E-state index contributed by atoms with van der Waals surface area (Å²) in [4.78, 5) is 30.7. The van der Waals surface area contributed by atoms with Gasteiger partial charge in [0, 0.05) is 29.6 Å². The number of benzene rings is 2. The number of amides is 2. The number of nitrogens with one attached hydrogen (secondary N) is 1. The van der Waals surface area contributed by atoms with Crippen LogP contribution in [0.5, 0.6) is 5.75 Å². The molecule has 3 aromatic rings. The molecule has 0 radical (unpaired) electrons. The molecule has 0 spiro atoms. The number of ether oxygens (including phenoxy) is 1. The predicted octanol–water partition coefficient (Wildman–Crippen LogP) is 4.09. The van der Waals surface area contributed by atoms with Gasteiger partial charge in [-0.1, -0.05) is 0 Å². The summed E-state index contributed by atoms with van der Waals surface area (Å²) in [5, 5.41) is 4.47. The Hall–Kier alpha value is -3.33. The lowest BCUT2D eigenvalue weighted by Gasteiger charge is -2.16. The smallest absolute Gasteiger partial charge is 0.231 e. The van der Waals surface area contributed by atoms with Gasteiger partial charge in [-0.15, -0.1) is 11.3 Å². The highest BCUT2D eigenvalue weighted by molar-refractivity contribution is 7.14. The van der Waals surface area contributed by atoms with E-state index in [1.54, 1.807) is 36.3 Å². The zero-order chi connectivity index (χ0) is 21.3. The summed E-state index contributed by atoms with van der Waals surface area (Å²) in [5.41, 5.74) is 0.942. The lowest BCUT2D eigenvalue weighted by molar-refractivity contribution is -0.122. The Morgan fingerprint density at radius 1 is 1.23 bits per heavy atom. The van der Waals surface area contributed by atoms with Crippen LogP contribution in [0.4, 0.5) is 19.6 Å². The number of aromatic nitrogens is 1. The van der Waals surface area contributed by atoms with E-state index >= 15 is 0 Å². The molecule has 1 unspecified atom stereocenters. The monoisotopic (exact) mass is 429 g/mol. The highest BCUT2D eigenvalue weighted by Gasteiger charge is 2.35. The van der Waals surface area contributed by atoms with Crippen molar-refractivity contribution in [3.63, 3.8) is 0 Å². The molecule has 4 rings (SSSR count). The Balaban J connectivity index is 1.44. The number of halogens is 2. The molecule has 1 aromatic heterocycles. The van der Waals surface area contributed by atoms with Crippen LogP contribution in [0, 0.1) is 17.6 Å². The van der Waals surface area contributed by atoms with Gasteiger partial charge in [-0.3, -0.25) is 9.59 Å². The summed E-state index contributed by atoms with van der Waals surface area (Å²) in [6.45, 7) is 0.244. The molecule has 1 N–H and O–H groups in total. The van der Waals surface area contributed by atoms with Crippen molar-refractivity contribution >= 4 is 34.0 Å². The number of methoxy groups -OCH3 is 1. The topological polar surface area (TPSA) is 71.5 Å². The molecule has 9 heteroatoms. The third-order valence-corrected chi connectivity index (χ3v) is 5.58. The first kappa shape index (κ1) is 20.0. The minimum absolute atomic E-state index is 0.0217. The molecule has 0 bridgehead atoms. The molecule has 2 amide bonds. The van der Waals surface area contributed by atoms with Gasteiger partial charge in [0.05, 0.1) is 18.7 Å². The van der Waals surface area contributed by atoms with Crippen molar-refractivity contribution < 1.29 is 23.1 Å². The Kier molecular flexibility index (Phi) is 5.45. The molecule has 1 fully saturated rings. The van der Waals surface area contributed by atoms with Crippen LogP contribution in [-0.2, 0) is 9.59 Å². The average Bonchev–Trinajstić information content (AvgIpc) is 3.36. The first-order valence-electron chi connectivity index (χ1n) is 9.11. The maximum Gasteiger partial charge on any atom is 0.231 e. The van der Waals surface area contributed by atoms with Crippen molar-refractivity contribution in [1.82, 2.24) is 4.98 Å². The van der Waals surface area contributed by atoms with Crippen LogP contribution >= 0.6 is 11.3 Å². The maximum absolute atomic E-state index is 13.9. The summed E-state index contributed by atoms with van der Waals surface area (Å²) in [5.74, 6) is -1.54. The number of thiazole rings is 1. The third-order valence-electron chi connectivity index (χ3n) is 4.82. The Labute approximate surface area is 175 Å². The van der Waals surface area contributed by atoms with Crippen LogP contribution in [0.25, 0.3) is 11.3 Å². The molecule has 2 heterocycles. The zero-order valence-electron chi connectivity index (χ0n) is 15.9. The van der Waals surface area contributed by atoms with Crippen molar-refractivity contribution in [2.75, 3.05) is 23.9 Å². The SMILES string of the molecule is COc1ccc(N2CC(C(=O)Nc3nc(-c4cc(F)ccc4F)cs3)CC2=O)cc1. The highest BCUT2D eigenvalue weighted by atomic mass is 32.1. The molecular formula is C21H17F2N3O3S. The Morgan fingerprint density at radius 2 is 2.00 bits per heavy atom. The molecule has 1 aliphatic heterocycles. The van der Waals surface area contributed by atoms with Gasteiger partial charge in [0.2, 0.25) is 11.8 Å². The van der Waals surface area contributed by atoms with Crippen molar-refractivity contribution in [3.8, 4) is 17.0 Å². The van der Waals surface area contributed by atoms with E-state index < -0.39 is 17.6 Å². The van der Waals surface area contributed by atoms with E-state index in [2.05, 4.69) is 10.3 Å². The molecule has 0 aliphatic carbocycles. The van der Waals surface area contributed by atoms with Gasteiger partial charge < -0.3 is 15.0 Å². The summed E-state index contributed by atoms with van der Waals surface area (Å²) in [7, 11) is 1.56. The van der Waals surface area contributed by atoms with Crippen LogP contribution in [0.2, 0.25) is 0 Å². The number of hydrogen-bond acceptors (Lipinski definition) is 5. The van der Waals surface area contributed by atoms with E-state index in [0.717, 1.165) is 29.5 Å². The fourth-order valence-corrected chi connectivity index (χ4v) is 3.96. The molecule has 154 valence electrons. The van der Waals surface area contributed by atoms with E-state index in [0.29, 0.717) is 11.4 Å². The largest absolute Gasteiger partial charge is 0.497 e. The van der Waals surface area contributed by atoms with E-state index in [1.807, 2.05) is 0 Å². The van der Waals surface area contributed by atoms with Crippen molar-refractivity contribution in [1.29, 1.82) is 0 Å². The molecular weight excluding hydrogens is 412 g/mol. The molecule has 0 saturated carbocycles. The summed E-state index contributed by atoms with van der Waals surface area (Å²) in [6, 6.07) is 10.1. The van der Waals surface area contributed by atoms with E-state index in [9.17, 15) is 18.4 Å². The number of carbonyl (C=O) groups excluding carboxylic acids is 2. The minimum atomic E-state index is -0.601. The fourth-order valence-electron chi connectivity index (χ4n) is 3.25. The Morgan fingerprint density at radius 3 is 2.73 bits per heavy atom. The van der Waals surface area contributed by atoms with Crippen molar-refractivity contribution in [2.24, 2.45) is 5.92 Å². The van der Waals surface area contributed by atoms with Crippen molar-refractivity contribution in [3.05, 3.63) is 59.5 Å². The number of hydrogen-bond donors (Lipinski definition) is 1. The number of nitrogens with zero attached hydrogens (tertiary/aromatic N) is 2. The van der Waals surface area contributed by atoms with E-state index in [1.165, 1.54) is 5.38 Å². The molecule has 1 atom stereocenters. The Bertz CT molecular complexity index is 1100.